The summed E-state index contributed by atoms with van der Waals surface area (Å²) < 4.78 is 7.33. The van der Waals surface area contributed by atoms with Crippen molar-refractivity contribution in [1.29, 1.82) is 0 Å². The number of anilines is 2. The SMILES string of the molecule is C[C@H]1COCCN1c1cc(CNCC2CC2)nc(-c2ccc(NC(=O)NCc3cnn(C)c3)cc2)n1. The van der Waals surface area contributed by atoms with Crippen molar-refractivity contribution in [2.24, 2.45) is 13.0 Å². The van der Waals surface area contributed by atoms with Crippen molar-refractivity contribution in [3.8, 4) is 11.4 Å². The number of hydrogen-bond donors (Lipinski definition) is 3. The van der Waals surface area contributed by atoms with Crippen LogP contribution in [-0.4, -0.2) is 58.1 Å². The summed E-state index contributed by atoms with van der Waals surface area (Å²) in [5.74, 6) is 2.42. The van der Waals surface area contributed by atoms with Crippen molar-refractivity contribution in [3.05, 3.63) is 54.0 Å². The van der Waals surface area contributed by atoms with E-state index in [4.69, 9.17) is 14.7 Å². The molecule has 1 aromatic carbocycles. The number of ether oxygens (including phenoxy) is 1. The fourth-order valence-electron chi connectivity index (χ4n) is 4.27. The van der Waals surface area contributed by atoms with Gasteiger partial charge in [0.2, 0.25) is 0 Å². The molecule has 1 saturated heterocycles. The highest BCUT2D eigenvalue weighted by atomic mass is 16.5. The van der Waals surface area contributed by atoms with E-state index in [1.54, 1.807) is 10.9 Å². The van der Waals surface area contributed by atoms with Gasteiger partial charge in [0.1, 0.15) is 5.82 Å². The Morgan fingerprint density at radius 2 is 2.00 bits per heavy atom. The Labute approximate surface area is 211 Å². The second-order valence-electron chi connectivity index (χ2n) is 9.64. The molecule has 1 saturated carbocycles. The number of amides is 2. The van der Waals surface area contributed by atoms with E-state index in [0.29, 0.717) is 37.8 Å². The zero-order valence-corrected chi connectivity index (χ0v) is 20.9. The summed E-state index contributed by atoms with van der Waals surface area (Å²) >= 11 is 0. The van der Waals surface area contributed by atoms with Crippen molar-refractivity contribution in [2.45, 2.75) is 38.9 Å². The number of carbonyl (C=O) groups is 1. The first-order valence-corrected chi connectivity index (χ1v) is 12.6. The van der Waals surface area contributed by atoms with Crippen LogP contribution in [0.4, 0.5) is 16.3 Å². The van der Waals surface area contributed by atoms with Crippen LogP contribution in [0.3, 0.4) is 0 Å². The molecule has 0 radical (unpaired) electrons. The predicted molar refractivity (Wildman–Crippen MR) is 139 cm³/mol. The number of rotatable bonds is 9. The fourth-order valence-corrected chi connectivity index (χ4v) is 4.27. The van der Waals surface area contributed by atoms with E-state index in [1.807, 2.05) is 37.5 Å². The quantitative estimate of drug-likeness (QED) is 0.423. The molecule has 0 spiro atoms. The Balaban J connectivity index is 1.28. The summed E-state index contributed by atoms with van der Waals surface area (Å²) in [5, 5.41) is 13.4. The maximum Gasteiger partial charge on any atom is 0.319 e. The minimum Gasteiger partial charge on any atom is -0.377 e. The van der Waals surface area contributed by atoms with Crippen LogP contribution in [-0.2, 0) is 24.9 Å². The first kappa shape index (κ1) is 24.2. The first-order chi connectivity index (χ1) is 17.5. The van der Waals surface area contributed by atoms with Gasteiger partial charge in [0, 0.05) is 55.8 Å². The minimum absolute atomic E-state index is 0.255. The summed E-state index contributed by atoms with van der Waals surface area (Å²) in [5.41, 5.74) is 3.53. The summed E-state index contributed by atoms with van der Waals surface area (Å²) in [7, 11) is 1.85. The number of urea groups is 1. The molecule has 190 valence electrons. The second kappa shape index (κ2) is 11.0. The molecule has 3 N–H and O–H groups in total. The molecule has 2 aliphatic rings. The van der Waals surface area contributed by atoms with Gasteiger partial charge in [0.15, 0.2) is 5.82 Å². The molecule has 2 amide bonds. The highest BCUT2D eigenvalue weighted by Gasteiger charge is 2.23. The van der Waals surface area contributed by atoms with E-state index in [2.05, 4.69) is 38.9 Å². The molecule has 2 aromatic heterocycles. The van der Waals surface area contributed by atoms with Gasteiger partial charge in [-0.3, -0.25) is 4.68 Å². The van der Waals surface area contributed by atoms with E-state index < -0.39 is 0 Å². The average Bonchev–Trinajstić information content (AvgIpc) is 3.61. The Hall–Kier alpha value is -3.50. The first-order valence-electron chi connectivity index (χ1n) is 12.6. The van der Waals surface area contributed by atoms with E-state index in [0.717, 1.165) is 41.6 Å². The van der Waals surface area contributed by atoms with Crippen LogP contribution in [0.25, 0.3) is 11.4 Å². The zero-order valence-electron chi connectivity index (χ0n) is 20.9. The van der Waals surface area contributed by atoms with Gasteiger partial charge in [0.25, 0.3) is 0 Å². The maximum absolute atomic E-state index is 12.3. The van der Waals surface area contributed by atoms with Gasteiger partial charge in [-0.25, -0.2) is 14.8 Å². The molecule has 0 unspecified atom stereocenters. The van der Waals surface area contributed by atoms with Crippen molar-refractivity contribution in [3.63, 3.8) is 0 Å². The number of nitrogens with zero attached hydrogens (tertiary/aromatic N) is 5. The van der Waals surface area contributed by atoms with E-state index in [1.165, 1.54) is 12.8 Å². The van der Waals surface area contributed by atoms with Gasteiger partial charge in [0.05, 0.1) is 31.1 Å². The molecular weight excluding hydrogens is 456 g/mol. The fraction of sp³-hybridized carbons (Fsp3) is 0.462. The van der Waals surface area contributed by atoms with Gasteiger partial charge in [-0.2, -0.15) is 5.10 Å². The average molecular weight is 491 g/mol. The van der Waals surface area contributed by atoms with Gasteiger partial charge in [-0.15, -0.1) is 0 Å². The molecule has 1 atom stereocenters. The van der Waals surface area contributed by atoms with Gasteiger partial charge < -0.3 is 25.6 Å². The van der Waals surface area contributed by atoms with Crippen LogP contribution >= 0.6 is 0 Å². The molecule has 36 heavy (non-hydrogen) atoms. The molecular formula is C26H34N8O2. The lowest BCUT2D eigenvalue weighted by atomic mass is 10.1. The Kier molecular flexibility index (Phi) is 7.43. The maximum atomic E-state index is 12.3. The topological polar surface area (TPSA) is 109 Å². The summed E-state index contributed by atoms with van der Waals surface area (Å²) in [6.45, 7) is 6.52. The molecule has 3 heterocycles. The smallest absolute Gasteiger partial charge is 0.319 e. The highest BCUT2D eigenvalue weighted by Crippen LogP contribution is 2.28. The van der Waals surface area contributed by atoms with Crippen LogP contribution < -0.4 is 20.9 Å². The van der Waals surface area contributed by atoms with Crippen LogP contribution in [0.15, 0.2) is 42.7 Å². The molecule has 5 rings (SSSR count). The molecule has 1 aliphatic heterocycles. The zero-order chi connectivity index (χ0) is 24.9. The van der Waals surface area contributed by atoms with E-state index in [9.17, 15) is 4.79 Å². The Bertz CT molecular complexity index is 1170. The molecule has 1 aliphatic carbocycles. The number of aromatic nitrogens is 4. The van der Waals surface area contributed by atoms with Crippen LogP contribution in [0.5, 0.6) is 0 Å². The Morgan fingerprint density at radius 3 is 2.72 bits per heavy atom. The third kappa shape index (κ3) is 6.38. The van der Waals surface area contributed by atoms with Crippen LogP contribution in [0.1, 0.15) is 31.0 Å². The lowest BCUT2D eigenvalue weighted by molar-refractivity contribution is 0.0985. The highest BCUT2D eigenvalue weighted by molar-refractivity contribution is 5.89. The number of aryl methyl sites for hydroxylation is 1. The lowest BCUT2D eigenvalue weighted by Gasteiger charge is -2.34. The van der Waals surface area contributed by atoms with Gasteiger partial charge >= 0.3 is 6.03 Å². The Morgan fingerprint density at radius 1 is 1.17 bits per heavy atom. The largest absolute Gasteiger partial charge is 0.377 e. The van der Waals surface area contributed by atoms with E-state index >= 15 is 0 Å². The summed E-state index contributed by atoms with van der Waals surface area (Å²) in [4.78, 5) is 24.4. The monoisotopic (exact) mass is 490 g/mol. The van der Waals surface area contributed by atoms with Crippen LogP contribution in [0.2, 0.25) is 0 Å². The summed E-state index contributed by atoms with van der Waals surface area (Å²) in [6.07, 6.45) is 6.24. The number of carbonyl (C=O) groups excluding carboxylic acids is 1. The van der Waals surface area contributed by atoms with E-state index in [-0.39, 0.29) is 12.1 Å². The predicted octanol–water partition coefficient (Wildman–Crippen LogP) is 2.92. The van der Waals surface area contributed by atoms with Crippen molar-refractivity contribution in [2.75, 3.05) is 36.5 Å². The number of hydrogen-bond acceptors (Lipinski definition) is 7. The van der Waals surface area contributed by atoms with Crippen LogP contribution in [0, 0.1) is 5.92 Å². The lowest BCUT2D eigenvalue weighted by Crippen LogP contribution is -2.44. The van der Waals surface area contributed by atoms with Crippen molar-refractivity contribution >= 4 is 17.5 Å². The third-order valence-corrected chi connectivity index (χ3v) is 6.48. The van der Waals surface area contributed by atoms with Gasteiger partial charge in [-0.05, 0) is 56.5 Å². The molecule has 10 nitrogen and oxygen atoms in total. The van der Waals surface area contributed by atoms with Gasteiger partial charge in [-0.1, -0.05) is 0 Å². The molecule has 3 aromatic rings. The number of nitrogens with one attached hydrogen (secondary N) is 3. The summed E-state index contributed by atoms with van der Waals surface area (Å²) in [6, 6.07) is 9.71. The minimum atomic E-state index is -0.268. The second-order valence-corrected chi connectivity index (χ2v) is 9.64. The molecule has 0 bridgehead atoms. The van der Waals surface area contributed by atoms with Crippen molar-refractivity contribution < 1.29 is 9.53 Å². The molecule has 10 heteroatoms. The number of benzene rings is 1. The normalized spacial score (nSPS) is 17.7. The van der Waals surface area contributed by atoms with Crippen molar-refractivity contribution in [1.82, 2.24) is 30.4 Å². The standard InChI is InChI=1S/C26H34N8O2/c1-18-17-36-10-9-34(18)24-11-23(15-27-12-19-3-4-19)30-25(32-24)21-5-7-22(8-6-21)31-26(35)28-13-20-14-29-33(2)16-20/h5-8,11,14,16,18-19,27H,3-4,9-10,12-13,15,17H2,1-2H3,(H2,28,31,35)/t18-/m0/s1. The molecule has 2 fully saturated rings. The number of morpholine rings is 1. The third-order valence-electron chi connectivity index (χ3n) is 6.48.